The minimum atomic E-state index is -0.249. The summed E-state index contributed by atoms with van der Waals surface area (Å²) in [6, 6.07) is 11.0. The molecule has 1 saturated heterocycles. The van der Waals surface area contributed by atoms with Crippen LogP contribution in [-0.2, 0) is 6.42 Å². The first kappa shape index (κ1) is 30.2. The Labute approximate surface area is 249 Å². The number of aryl methyl sites for hydroxylation is 1. The largest absolute Gasteiger partial charge is 0.369 e. The molecule has 0 bridgehead atoms. The Kier molecular flexibility index (Phi) is 8.48. The monoisotopic (exact) mass is 574 g/mol. The van der Waals surface area contributed by atoms with Gasteiger partial charge in [-0.2, -0.15) is 0 Å². The maximum absolute atomic E-state index is 14.4. The molecule has 3 aromatic rings. The zero-order chi connectivity index (χ0) is 30.3. The van der Waals surface area contributed by atoms with Gasteiger partial charge in [0.1, 0.15) is 5.82 Å². The normalized spacial score (nSPS) is 27.3. The molecule has 5 rings (SSSR count). The first-order valence-corrected chi connectivity index (χ1v) is 15.5. The predicted molar refractivity (Wildman–Crippen MR) is 170 cm³/mol. The van der Waals surface area contributed by atoms with Gasteiger partial charge in [-0.05, 0) is 98.6 Å². The number of nitrogens with zero attached hydrogens (tertiary/aromatic N) is 4. The van der Waals surface area contributed by atoms with Crippen molar-refractivity contribution in [2.45, 2.75) is 85.9 Å². The number of aromatic nitrogens is 2. The van der Waals surface area contributed by atoms with Crippen molar-refractivity contribution in [3.8, 4) is 0 Å². The fourth-order valence-corrected chi connectivity index (χ4v) is 7.48. The summed E-state index contributed by atoms with van der Waals surface area (Å²) in [4.78, 5) is 25.1. The van der Waals surface area contributed by atoms with E-state index < -0.39 is 0 Å². The molecule has 3 N–H and O–H groups in total. The smallest absolute Gasteiger partial charge is 0.261 e. The van der Waals surface area contributed by atoms with Crippen molar-refractivity contribution in [1.29, 1.82) is 0 Å². The molecule has 0 amide bonds. The van der Waals surface area contributed by atoms with Crippen molar-refractivity contribution in [2.24, 2.45) is 33.9 Å². The number of piperazine rings is 1. The Hall–Kier alpha value is -3.26. The third-order valence-electron chi connectivity index (χ3n) is 10.2. The third-order valence-corrected chi connectivity index (χ3v) is 10.2. The lowest BCUT2D eigenvalue weighted by molar-refractivity contribution is 0.00972. The number of nitrogens with two attached hydrogens (primary N) is 1. The number of benzene rings is 2. The Bertz CT molecular complexity index is 1530. The van der Waals surface area contributed by atoms with Crippen molar-refractivity contribution in [2.75, 3.05) is 13.1 Å². The lowest BCUT2D eigenvalue weighted by Gasteiger charge is -2.52. The maximum atomic E-state index is 14.4. The van der Waals surface area contributed by atoms with Gasteiger partial charge in [-0.3, -0.25) is 9.36 Å². The van der Waals surface area contributed by atoms with Crippen LogP contribution in [0.4, 0.5) is 10.1 Å². The first-order valence-electron chi connectivity index (χ1n) is 15.5. The summed E-state index contributed by atoms with van der Waals surface area (Å²) >= 11 is 0. The van der Waals surface area contributed by atoms with E-state index in [0.29, 0.717) is 58.3 Å². The molecule has 2 aliphatic rings. The maximum Gasteiger partial charge on any atom is 0.261 e. The lowest BCUT2D eigenvalue weighted by atomic mass is 9.59. The molecule has 2 fully saturated rings. The van der Waals surface area contributed by atoms with Gasteiger partial charge in [0, 0.05) is 31.2 Å². The highest BCUT2D eigenvalue weighted by Gasteiger charge is 2.45. The summed E-state index contributed by atoms with van der Waals surface area (Å²) in [6.07, 6.45) is 4.31. The number of hydrogen-bond donors (Lipinski definition) is 2. The van der Waals surface area contributed by atoms with Crippen LogP contribution in [0.5, 0.6) is 0 Å². The van der Waals surface area contributed by atoms with Gasteiger partial charge < -0.3 is 16.0 Å². The summed E-state index contributed by atoms with van der Waals surface area (Å²) in [7, 11) is 0. The number of hydrogen-bond acceptors (Lipinski definition) is 4. The van der Waals surface area contributed by atoms with Crippen molar-refractivity contribution < 1.29 is 4.39 Å². The van der Waals surface area contributed by atoms with Crippen LogP contribution in [0.15, 0.2) is 52.5 Å². The van der Waals surface area contributed by atoms with E-state index in [2.05, 4.69) is 49.8 Å². The van der Waals surface area contributed by atoms with Crippen molar-refractivity contribution in [3.63, 3.8) is 0 Å². The van der Waals surface area contributed by atoms with Crippen LogP contribution in [0.3, 0.4) is 0 Å². The van der Waals surface area contributed by atoms with Crippen LogP contribution < -0.4 is 16.6 Å². The van der Waals surface area contributed by atoms with Crippen LogP contribution >= 0.6 is 0 Å². The average molecular weight is 575 g/mol. The van der Waals surface area contributed by atoms with Crippen LogP contribution in [0.1, 0.15) is 71.6 Å². The number of rotatable bonds is 5. The Balaban J connectivity index is 1.39. The highest BCUT2D eigenvalue weighted by Crippen LogP contribution is 2.48. The van der Waals surface area contributed by atoms with Crippen LogP contribution in [-0.4, -0.2) is 45.6 Å². The molecule has 42 heavy (non-hydrogen) atoms. The summed E-state index contributed by atoms with van der Waals surface area (Å²) in [6.45, 7) is 17.3. The van der Waals surface area contributed by atoms with Crippen molar-refractivity contribution >= 4 is 22.5 Å². The third kappa shape index (κ3) is 5.96. The topological polar surface area (TPSA) is 88.5 Å². The molecular weight excluding hydrogens is 527 g/mol. The molecule has 0 radical (unpaired) electrons. The first-order chi connectivity index (χ1) is 19.9. The molecule has 2 aromatic carbocycles. The molecule has 8 heteroatoms. The van der Waals surface area contributed by atoms with Gasteiger partial charge in [0.15, 0.2) is 5.96 Å². The number of halogens is 1. The number of fused-ring (bicyclic) bond motifs is 1. The van der Waals surface area contributed by atoms with E-state index in [1.165, 1.54) is 18.9 Å². The van der Waals surface area contributed by atoms with Gasteiger partial charge in [0.2, 0.25) is 0 Å². The van der Waals surface area contributed by atoms with Gasteiger partial charge in [-0.1, -0.05) is 39.8 Å². The van der Waals surface area contributed by atoms with Crippen molar-refractivity contribution in [3.05, 3.63) is 70.0 Å². The summed E-state index contributed by atoms with van der Waals surface area (Å²) in [5.41, 5.74) is 9.56. The minimum absolute atomic E-state index is 0.150. The number of guanidine groups is 1. The van der Waals surface area contributed by atoms with Gasteiger partial charge in [0.05, 0.1) is 22.9 Å². The zero-order valence-corrected chi connectivity index (χ0v) is 26.2. The molecule has 0 spiro atoms. The van der Waals surface area contributed by atoms with E-state index in [4.69, 9.17) is 10.7 Å². The fraction of sp³-hybridized carbons (Fsp3) is 0.559. The molecule has 2 heterocycles. The Morgan fingerprint density at radius 3 is 2.69 bits per heavy atom. The number of nitrogens with one attached hydrogen (secondary N) is 1. The van der Waals surface area contributed by atoms with Crippen molar-refractivity contribution in [1.82, 2.24) is 19.8 Å². The van der Waals surface area contributed by atoms with E-state index in [1.807, 2.05) is 32.0 Å². The van der Waals surface area contributed by atoms with E-state index in [-0.39, 0.29) is 28.9 Å². The van der Waals surface area contributed by atoms with Crippen LogP contribution in [0, 0.1) is 35.9 Å². The molecule has 1 aliphatic carbocycles. The SMILES string of the molecule is Cc1ccc(C[C@@H](C)n2cnc3cc(N=C(N)N4CCN[C@@H](C)C4C4C[C@@H](C)[C@H](C)C(C)(C)C4)ccc3c2=O)c(F)c1. The summed E-state index contributed by atoms with van der Waals surface area (Å²) in [5.74, 6) is 2.12. The quantitative estimate of drug-likeness (QED) is 0.290. The van der Waals surface area contributed by atoms with Gasteiger partial charge in [-0.25, -0.2) is 14.4 Å². The summed E-state index contributed by atoms with van der Waals surface area (Å²) < 4.78 is 16.0. The molecule has 1 aromatic heterocycles. The second-order valence-corrected chi connectivity index (χ2v) is 13.7. The molecule has 1 aliphatic heterocycles. The molecule has 226 valence electrons. The van der Waals surface area contributed by atoms with E-state index in [0.717, 1.165) is 18.7 Å². The van der Waals surface area contributed by atoms with E-state index >= 15 is 0 Å². The number of aliphatic imine (C=N–C) groups is 1. The summed E-state index contributed by atoms with van der Waals surface area (Å²) in [5, 5.41) is 4.18. The van der Waals surface area contributed by atoms with Gasteiger partial charge >= 0.3 is 0 Å². The second kappa shape index (κ2) is 11.8. The average Bonchev–Trinajstić information content (AvgIpc) is 2.93. The van der Waals surface area contributed by atoms with Crippen LogP contribution in [0.2, 0.25) is 0 Å². The Morgan fingerprint density at radius 1 is 1.21 bits per heavy atom. The van der Waals surface area contributed by atoms with E-state index in [9.17, 15) is 9.18 Å². The zero-order valence-electron chi connectivity index (χ0n) is 26.2. The minimum Gasteiger partial charge on any atom is -0.369 e. The molecule has 6 atom stereocenters. The van der Waals surface area contributed by atoms with E-state index in [1.54, 1.807) is 23.0 Å². The second-order valence-electron chi connectivity index (χ2n) is 13.7. The molecule has 2 unspecified atom stereocenters. The van der Waals surface area contributed by atoms with Crippen LogP contribution in [0.25, 0.3) is 10.9 Å². The molecule has 7 nitrogen and oxygen atoms in total. The Morgan fingerprint density at radius 2 is 1.98 bits per heavy atom. The lowest BCUT2D eigenvalue weighted by Crippen LogP contribution is -2.63. The highest BCUT2D eigenvalue weighted by atomic mass is 19.1. The van der Waals surface area contributed by atoms with Gasteiger partial charge in [0.25, 0.3) is 5.56 Å². The highest BCUT2D eigenvalue weighted by molar-refractivity contribution is 5.85. The fourth-order valence-electron chi connectivity index (χ4n) is 7.48. The molecule has 1 saturated carbocycles. The standard InChI is InChI=1S/C34H47FN6O/c1-20-8-9-25(29(35)14-20)16-22(3)41-19-38-30-17-27(10-11-28(30)32(41)42)39-33(36)40-13-12-37-24(5)31(40)26-15-21(2)23(4)34(6,7)18-26/h8-11,14,17,19,21-24,26,31,37H,12-13,15-16,18H2,1-7H3,(H2,36,39)/t21-,22-,23+,24+,26?,31?/m1/s1. The molecular formula is C34H47FN6O. The predicted octanol–water partition coefficient (Wildman–Crippen LogP) is 5.96. The van der Waals surface area contributed by atoms with Gasteiger partial charge in [-0.15, -0.1) is 0 Å².